The lowest BCUT2D eigenvalue weighted by molar-refractivity contribution is -0.384. The number of fused-ring (bicyclic) bond motifs is 7. The lowest BCUT2D eigenvalue weighted by Crippen LogP contribution is -2.54. The molecule has 4 heterocycles. The molecule has 0 aromatic heterocycles. The third kappa shape index (κ3) is 2.55. The number of methoxy groups -OCH3 is 2. The first-order valence-corrected chi connectivity index (χ1v) is 11.3. The maximum absolute atomic E-state index is 14.1. The standard InChI is InChI=1S/C24H22N4O7/c1-34-13-6-7-15-14(11-13)24(23(31)25-15)20-19(16-4-3-9-26(16)24)21(29)27(22(20)30)17-10-12(28(32)33)5-8-18(17)35-2/h5-8,10-11,16,19-20H,3-4,9H2,1-2H3,(H,25,31)/t16-,19+,20-,24+/m0/s1. The van der Waals surface area contributed by atoms with Crippen LogP contribution < -0.4 is 19.7 Å². The fraction of sp³-hybridized carbons (Fsp3) is 0.375. The molecule has 3 fully saturated rings. The Balaban J connectivity index is 1.55. The predicted molar refractivity (Wildman–Crippen MR) is 122 cm³/mol. The van der Waals surface area contributed by atoms with Gasteiger partial charge in [-0.2, -0.15) is 0 Å². The fourth-order valence-electron chi connectivity index (χ4n) is 6.51. The first-order chi connectivity index (χ1) is 16.8. The number of hydrogen-bond donors (Lipinski definition) is 1. The minimum atomic E-state index is -1.37. The highest BCUT2D eigenvalue weighted by Crippen LogP contribution is 2.61. The predicted octanol–water partition coefficient (Wildman–Crippen LogP) is 2.04. The van der Waals surface area contributed by atoms with Crippen molar-refractivity contribution in [2.75, 3.05) is 31.0 Å². The molecular weight excluding hydrogens is 456 g/mol. The quantitative estimate of drug-likeness (QED) is 0.401. The van der Waals surface area contributed by atoms with Gasteiger partial charge >= 0.3 is 0 Å². The van der Waals surface area contributed by atoms with Gasteiger partial charge in [0.1, 0.15) is 22.7 Å². The van der Waals surface area contributed by atoms with Crippen LogP contribution in [-0.2, 0) is 19.9 Å². The highest BCUT2D eigenvalue weighted by molar-refractivity contribution is 6.26. The molecule has 4 atom stereocenters. The number of carbonyl (C=O) groups excluding carboxylic acids is 3. The monoisotopic (exact) mass is 478 g/mol. The van der Waals surface area contributed by atoms with E-state index < -0.39 is 34.1 Å². The molecule has 180 valence electrons. The lowest BCUT2D eigenvalue weighted by Gasteiger charge is -2.36. The van der Waals surface area contributed by atoms with Crippen molar-refractivity contribution in [3.63, 3.8) is 0 Å². The number of imide groups is 1. The average Bonchev–Trinajstić information content (AvgIpc) is 3.56. The fourth-order valence-corrected chi connectivity index (χ4v) is 6.51. The topological polar surface area (TPSA) is 131 Å². The number of hydrogen-bond acceptors (Lipinski definition) is 8. The van der Waals surface area contributed by atoms with Crippen molar-refractivity contribution >= 4 is 34.8 Å². The number of nitro groups is 1. The SMILES string of the molecule is COc1ccc2c(c1)[C@]1(C(=O)N2)[C@@H]2C(=O)N(c3cc([N+](=O)[O-])ccc3OC)C(=O)[C@@H]2[C@@H]2CCCN21. The molecule has 11 heteroatoms. The van der Waals surface area contributed by atoms with Gasteiger partial charge in [-0.15, -0.1) is 0 Å². The molecule has 1 spiro atoms. The molecule has 0 aliphatic carbocycles. The summed E-state index contributed by atoms with van der Waals surface area (Å²) >= 11 is 0. The van der Waals surface area contributed by atoms with E-state index in [1.165, 1.54) is 32.4 Å². The molecule has 11 nitrogen and oxygen atoms in total. The van der Waals surface area contributed by atoms with Gasteiger partial charge in [-0.3, -0.25) is 29.4 Å². The van der Waals surface area contributed by atoms with Gasteiger partial charge in [-0.25, -0.2) is 4.90 Å². The van der Waals surface area contributed by atoms with E-state index >= 15 is 0 Å². The Morgan fingerprint density at radius 3 is 2.60 bits per heavy atom. The normalized spacial score (nSPS) is 28.8. The number of nitrogens with zero attached hydrogens (tertiary/aromatic N) is 3. The molecule has 4 aliphatic rings. The Kier molecular flexibility index (Phi) is 4.46. The van der Waals surface area contributed by atoms with Gasteiger partial charge < -0.3 is 14.8 Å². The van der Waals surface area contributed by atoms with Crippen molar-refractivity contribution < 1.29 is 28.8 Å². The van der Waals surface area contributed by atoms with Crippen LogP contribution in [0.25, 0.3) is 0 Å². The number of nitrogens with one attached hydrogen (secondary N) is 1. The second kappa shape index (κ2) is 7.25. The van der Waals surface area contributed by atoms with E-state index in [0.29, 0.717) is 30.0 Å². The van der Waals surface area contributed by atoms with Crippen LogP contribution >= 0.6 is 0 Å². The smallest absolute Gasteiger partial charge is 0.271 e. The minimum absolute atomic E-state index is 0.00932. The van der Waals surface area contributed by atoms with Crippen LogP contribution in [0.15, 0.2) is 36.4 Å². The van der Waals surface area contributed by atoms with E-state index in [4.69, 9.17) is 9.47 Å². The molecule has 0 unspecified atom stereocenters. The highest BCUT2D eigenvalue weighted by Gasteiger charge is 2.74. The van der Waals surface area contributed by atoms with E-state index in [2.05, 4.69) is 5.32 Å². The van der Waals surface area contributed by atoms with Gasteiger partial charge in [0.05, 0.1) is 31.0 Å². The van der Waals surface area contributed by atoms with Gasteiger partial charge in [0, 0.05) is 29.4 Å². The highest BCUT2D eigenvalue weighted by atomic mass is 16.6. The van der Waals surface area contributed by atoms with E-state index in [1.54, 1.807) is 18.2 Å². The van der Waals surface area contributed by atoms with Crippen molar-refractivity contribution in [2.24, 2.45) is 11.8 Å². The maximum atomic E-state index is 14.1. The van der Waals surface area contributed by atoms with Crippen molar-refractivity contribution in [3.05, 3.63) is 52.1 Å². The van der Waals surface area contributed by atoms with Gasteiger partial charge in [0.15, 0.2) is 0 Å². The summed E-state index contributed by atoms with van der Waals surface area (Å²) in [7, 11) is 2.89. The first kappa shape index (κ1) is 21.5. The van der Waals surface area contributed by atoms with Crippen molar-refractivity contribution in [3.8, 4) is 11.5 Å². The molecule has 3 saturated heterocycles. The third-order valence-electron chi connectivity index (χ3n) is 7.81. The number of benzene rings is 2. The Morgan fingerprint density at radius 1 is 1.09 bits per heavy atom. The zero-order valence-corrected chi connectivity index (χ0v) is 19.0. The summed E-state index contributed by atoms with van der Waals surface area (Å²) < 4.78 is 10.8. The third-order valence-corrected chi connectivity index (χ3v) is 7.81. The summed E-state index contributed by atoms with van der Waals surface area (Å²) in [6, 6.07) is 8.69. The summed E-state index contributed by atoms with van der Waals surface area (Å²) in [6.45, 7) is 0.572. The number of non-ortho nitro benzene ring substituents is 1. The van der Waals surface area contributed by atoms with Gasteiger partial charge in [-0.1, -0.05) is 0 Å². The lowest BCUT2D eigenvalue weighted by atomic mass is 9.75. The molecule has 3 amide bonds. The molecule has 2 aromatic carbocycles. The Hall–Kier alpha value is -3.99. The molecule has 6 rings (SSSR count). The number of amides is 3. The number of ether oxygens (including phenoxy) is 2. The Bertz CT molecular complexity index is 1330. The van der Waals surface area contributed by atoms with Crippen LogP contribution in [0.1, 0.15) is 18.4 Å². The summed E-state index contributed by atoms with van der Waals surface area (Å²) in [6.07, 6.45) is 1.44. The zero-order valence-electron chi connectivity index (χ0n) is 19.0. The van der Waals surface area contributed by atoms with Crippen LogP contribution in [0.2, 0.25) is 0 Å². The van der Waals surface area contributed by atoms with E-state index in [-0.39, 0.29) is 29.1 Å². The number of rotatable bonds is 4. The number of carbonyl (C=O) groups is 3. The Labute approximate surface area is 199 Å². The summed E-state index contributed by atoms with van der Waals surface area (Å²) in [4.78, 5) is 55.5. The number of anilines is 2. The van der Waals surface area contributed by atoms with E-state index in [9.17, 15) is 24.5 Å². The molecular formula is C24H22N4O7. The Morgan fingerprint density at radius 2 is 1.89 bits per heavy atom. The van der Waals surface area contributed by atoms with Crippen molar-refractivity contribution in [1.29, 1.82) is 0 Å². The molecule has 0 radical (unpaired) electrons. The van der Waals surface area contributed by atoms with Crippen molar-refractivity contribution in [2.45, 2.75) is 24.4 Å². The van der Waals surface area contributed by atoms with E-state index in [1.807, 2.05) is 4.90 Å². The second-order valence-electron chi connectivity index (χ2n) is 9.16. The van der Waals surface area contributed by atoms with Gasteiger partial charge in [-0.05, 0) is 43.7 Å². The van der Waals surface area contributed by atoms with Crippen molar-refractivity contribution in [1.82, 2.24) is 4.90 Å². The molecule has 2 aromatic rings. The van der Waals surface area contributed by atoms with Crippen LogP contribution in [-0.4, -0.2) is 54.4 Å². The van der Waals surface area contributed by atoms with Gasteiger partial charge in [0.2, 0.25) is 17.7 Å². The second-order valence-corrected chi connectivity index (χ2v) is 9.16. The maximum Gasteiger partial charge on any atom is 0.271 e. The molecule has 4 aliphatic heterocycles. The minimum Gasteiger partial charge on any atom is -0.497 e. The van der Waals surface area contributed by atoms with Crippen LogP contribution in [0, 0.1) is 22.0 Å². The molecule has 0 saturated carbocycles. The largest absolute Gasteiger partial charge is 0.497 e. The molecule has 0 bridgehead atoms. The van der Waals surface area contributed by atoms with Crippen LogP contribution in [0.5, 0.6) is 11.5 Å². The molecule has 35 heavy (non-hydrogen) atoms. The van der Waals surface area contributed by atoms with Crippen LogP contribution in [0.4, 0.5) is 17.1 Å². The first-order valence-electron chi connectivity index (χ1n) is 11.3. The average molecular weight is 478 g/mol. The summed E-state index contributed by atoms with van der Waals surface area (Å²) in [5.74, 6) is -2.46. The van der Waals surface area contributed by atoms with E-state index in [0.717, 1.165) is 11.3 Å². The molecule has 1 N–H and O–H groups in total. The number of nitro benzene ring substituents is 1. The summed E-state index contributed by atoms with van der Waals surface area (Å²) in [5, 5.41) is 14.3. The van der Waals surface area contributed by atoms with Crippen LogP contribution in [0.3, 0.4) is 0 Å². The zero-order chi connectivity index (χ0) is 24.6. The van der Waals surface area contributed by atoms with Gasteiger partial charge in [0.25, 0.3) is 5.69 Å². The summed E-state index contributed by atoms with van der Waals surface area (Å²) in [5.41, 5.74) is -0.450.